The number of nitrogens with zero attached hydrogens (tertiary/aromatic N) is 1. The van der Waals surface area contributed by atoms with Crippen molar-refractivity contribution < 1.29 is 26.3 Å². The predicted octanol–water partition coefficient (Wildman–Crippen LogP) is 0.545. The summed E-state index contributed by atoms with van der Waals surface area (Å²) in [5.41, 5.74) is 0. The normalized spacial score (nSPS) is 11.6. The number of rotatable bonds is 3. The van der Waals surface area contributed by atoms with E-state index in [1.165, 1.54) is 6.92 Å². The van der Waals surface area contributed by atoms with Crippen molar-refractivity contribution in [2.45, 2.75) is 11.9 Å². The van der Waals surface area contributed by atoms with E-state index in [4.69, 9.17) is 0 Å². The van der Waals surface area contributed by atoms with Crippen LogP contribution >= 0.6 is 0 Å². The van der Waals surface area contributed by atoms with Crippen molar-refractivity contribution in [2.75, 3.05) is 6.61 Å². The molecule has 5 nitrogen and oxygen atoms in total. The van der Waals surface area contributed by atoms with Gasteiger partial charge in [0.25, 0.3) is 16.0 Å². The van der Waals surface area contributed by atoms with Gasteiger partial charge < -0.3 is 4.74 Å². The van der Waals surface area contributed by atoms with Crippen LogP contribution in [0.25, 0.3) is 0 Å². The van der Waals surface area contributed by atoms with Crippen molar-refractivity contribution in [3.8, 4) is 5.75 Å². The van der Waals surface area contributed by atoms with Gasteiger partial charge in [-0.25, -0.2) is 13.6 Å². The smallest absolute Gasteiger partial charge is 0.259 e. The molecule has 1 aromatic heterocycles. The summed E-state index contributed by atoms with van der Waals surface area (Å²) in [7, 11) is -4.50. The molecule has 1 rings (SSSR count). The lowest BCUT2D eigenvalue weighted by atomic mass is 10.4. The summed E-state index contributed by atoms with van der Waals surface area (Å²) in [4.78, 5) is 2.70. The van der Waals surface area contributed by atoms with Crippen molar-refractivity contribution >= 4 is 10.0 Å². The van der Waals surface area contributed by atoms with E-state index in [0.717, 1.165) is 0 Å². The summed E-state index contributed by atoms with van der Waals surface area (Å²) in [6.07, 6.45) is 0. The molecular weight excluding hydrogens is 249 g/mol. The second-order valence-electron chi connectivity index (χ2n) is 2.64. The molecule has 0 spiro atoms. The zero-order valence-corrected chi connectivity index (χ0v) is 8.82. The van der Waals surface area contributed by atoms with Gasteiger partial charge in [0.15, 0.2) is 5.75 Å². The Morgan fingerprint density at radius 3 is 2.31 bits per heavy atom. The molecule has 0 atom stereocenters. The number of ether oxygens (including phenoxy) is 1. The number of sulfonamides is 1. The molecule has 0 radical (unpaired) electrons. The number of aromatic nitrogens is 1. The largest absolute Gasteiger partial charge is 0.488 e. The first-order valence-electron chi connectivity index (χ1n) is 3.99. The van der Waals surface area contributed by atoms with Gasteiger partial charge in [-0.3, -0.25) is 0 Å². The molecule has 0 aliphatic carbocycles. The van der Waals surface area contributed by atoms with Gasteiger partial charge >= 0.3 is 0 Å². The minimum atomic E-state index is -4.50. The molecule has 90 valence electrons. The maximum atomic E-state index is 13.1. The summed E-state index contributed by atoms with van der Waals surface area (Å²) in [5.74, 6) is -6.62. The number of halogens is 3. The zero-order valence-electron chi connectivity index (χ0n) is 8.00. The van der Waals surface area contributed by atoms with Crippen LogP contribution in [0.5, 0.6) is 5.75 Å². The average molecular weight is 256 g/mol. The fourth-order valence-electron chi connectivity index (χ4n) is 0.935. The summed E-state index contributed by atoms with van der Waals surface area (Å²) in [5, 5.41) is 3.47. The standard InChI is InChI=1S/C7H7F3N2O3S/c1-2-15-5-3(8)4(9)6(10)12-7(5)16(11,13)14/h2H2,1H3,(H2,11,13,14). The molecule has 0 aliphatic rings. The Bertz CT molecular complexity index is 518. The van der Waals surface area contributed by atoms with Crippen LogP contribution < -0.4 is 9.88 Å². The summed E-state index contributed by atoms with van der Waals surface area (Å²) in [6.45, 7) is 1.24. The lowest BCUT2D eigenvalue weighted by Crippen LogP contribution is -2.18. The van der Waals surface area contributed by atoms with Gasteiger partial charge in [-0.15, -0.1) is 0 Å². The first-order valence-corrected chi connectivity index (χ1v) is 5.53. The quantitative estimate of drug-likeness (QED) is 0.800. The number of hydrogen-bond acceptors (Lipinski definition) is 4. The molecule has 0 unspecified atom stereocenters. The highest BCUT2D eigenvalue weighted by Crippen LogP contribution is 2.27. The van der Waals surface area contributed by atoms with E-state index >= 15 is 0 Å². The van der Waals surface area contributed by atoms with Crippen LogP contribution in [0, 0.1) is 17.6 Å². The van der Waals surface area contributed by atoms with Crippen molar-refractivity contribution in [3.05, 3.63) is 17.6 Å². The van der Waals surface area contributed by atoms with Crippen molar-refractivity contribution in [3.63, 3.8) is 0 Å². The predicted molar refractivity (Wildman–Crippen MR) is 46.7 cm³/mol. The lowest BCUT2D eigenvalue weighted by Gasteiger charge is -2.09. The van der Waals surface area contributed by atoms with E-state index in [0.29, 0.717) is 0 Å². The third-order valence-electron chi connectivity index (χ3n) is 1.53. The SMILES string of the molecule is CCOc1c(S(N)(=O)=O)nc(F)c(F)c1F. The van der Waals surface area contributed by atoms with Gasteiger partial charge in [0.1, 0.15) is 0 Å². The van der Waals surface area contributed by atoms with Crippen molar-refractivity contribution in [2.24, 2.45) is 5.14 Å². The topological polar surface area (TPSA) is 82.3 Å². The highest BCUT2D eigenvalue weighted by molar-refractivity contribution is 7.89. The molecule has 0 saturated heterocycles. The molecule has 0 amide bonds. The molecule has 9 heteroatoms. The van der Waals surface area contributed by atoms with Crippen LogP contribution in [0.1, 0.15) is 6.92 Å². The summed E-state index contributed by atoms with van der Waals surface area (Å²) in [6, 6.07) is 0. The van der Waals surface area contributed by atoms with E-state index in [1.54, 1.807) is 0 Å². The highest BCUT2D eigenvalue weighted by Gasteiger charge is 2.27. The van der Waals surface area contributed by atoms with Gasteiger partial charge in [-0.1, -0.05) is 0 Å². The minimum Gasteiger partial charge on any atom is -0.488 e. The van der Waals surface area contributed by atoms with Crippen LogP contribution in [0.3, 0.4) is 0 Å². The van der Waals surface area contributed by atoms with Gasteiger partial charge in [0, 0.05) is 0 Å². The van der Waals surface area contributed by atoms with Gasteiger partial charge in [0.05, 0.1) is 6.61 Å². The molecule has 0 aromatic carbocycles. The highest BCUT2D eigenvalue weighted by atomic mass is 32.2. The second-order valence-corrected chi connectivity index (χ2v) is 4.12. The average Bonchev–Trinajstić information content (AvgIpc) is 2.17. The molecule has 16 heavy (non-hydrogen) atoms. The molecular formula is C7H7F3N2O3S. The molecule has 0 fully saturated rings. The van der Waals surface area contributed by atoms with Crippen LogP contribution in [0.2, 0.25) is 0 Å². The monoisotopic (exact) mass is 256 g/mol. The van der Waals surface area contributed by atoms with E-state index in [2.05, 4.69) is 14.9 Å². The van der Waals surface area contributed by atoms with E-state index in [1.807, 2.05) is 0 Å². The van der Waals surface area contributed by atoms with Gasteiger partial charge in [-0.05, 0) is 6.92 Å². The third kappa shape index (κ3) is 2.25. The van der Waals surface area contributed by atoms with Crippen LogP contribution in [0.4, 0.5) is 13.2 Å². The maximum absolute atomic E-state index is 13.1. The zero-order chi connectivity index (χ0) is 12.5. The van der Waals surface area contributed by atoms with Crippen molar-refractivity contribution in [1.29, 1.82) is 0 Å². The van der Waals surface area contributed by atoms with Crippen LogP contribution in [-0.2, 0) is 10.0 Å². The molecule has 1 aromatic rings. The number of primary sulfonamides is 1. The maximum Gasteiger partial charge on any atom is 0.259 e. The summed E-state index contributed by atoms with van der Waals surface area (Å²) < 4.78 is 65.0. The van der Waals surface area contributed by atoms with Gasteiger partial charge in [0.2, 0.25) is 16.7 Å². The van der Waals surface area contributed by atoms with Crippen molar-refractivity contribution in [1.82, 2.24) is 4.98 Å². The van der Waals surface area contributed by atoms with Crippen LogP contribution in [0.15, 0.2) is 5.03 Å². The number of pyridine rings is 1. The molecule has 0 bridgehead atoms. The van der Waals surface area contributed by atoms with Crippen LogP contribution in [-0.4, -0.2) is 20.0 Å². The molecule has 0 aliphatic heterocycles. The number of hydrogen-bond donors (Lipinski definition) is 1. The summed E-state index contributed by atoms with van der Waals surface area (Å²) >= 11 is 0. The second kappa shape index (κ2) is 4.26. The minimum absolute atomic E-state index is 0.161. The molecule has 1 heterocycles. The fraction of sp³-hybridized carbons (Fsp3) is 0.286. The number of nitrogens with two attached hydrogens (primary N) is 1. The Balaban J connectivity index is 3.60. The Morgan fingerprint density at radius 2 is 1.88 bits per heavy atom. The Labute approximate surface area is 89.1 Å². The Kier molecular flexibility index (Phi) is 3.38. The Hall–Kier alpha value is -1.35. The van der Waals surface area contributed by atoms with E-state index in [-0.39, 0.29) is 6.61 Å². The Morgan fingerprint density at radius 1 is 1.31 bits per heavy atom. The first kappa shape index (κ1) is 12.7. The van der Waals surface area contributed by atoms with E-state index in [9.17, 15) is 21.6 Å². The van der Waals surface area contributed by atoms with Gasteiger partial charge in [-0.2, -0.15) is 18.2 Å². The third-order valence-corrected chi connectivity index (χ3v) is 2.34. The fourth-order valence-corrected chi connectivity index (χ4v) is 1.55. The molecule has 2 N–H and O–H groups in total. The molecule has 0 saturated carbocycles. The van der Waals surface area contributed by atoms with E-state index < -0.39 is 38.4 Å². The lowest BCUT2D eigenvalue weighted by molar-refractivity contribution is 0.290. The first-order chi connectivity index (χ1) is 7.29.